The maximum atomic E-state index is 10.1. The van der Waals surface area contributed by atoms with E-state index in [2.05, 4.69) is 30.1 Å². The van der Waals surface area contributed by atoms with Gasteiger partial charge in [-0.05, 0) is 30.7 Å². The van der Waals surface area contributed by atoms with Crippen LogP contribution in [0.25, 0.3) is 0 Å². The van der Waals surface area contributed by atoms with Crippen molar-refractivity contribution < 1.29 is 4.79 Å². The van der Waals surface area contributed by atoms with Gasteiger partial charge in [-0.15, -0.1) is 11.8 Å². The highest BCUT2D eigenvalue weighted by atomic mass is 32.2. The highest BCUT2D eigenvalue weighted by Crippen LogP contribution is 2.37. The second-order valence-corrected chi connectivity index (χ2v) is 4.94. The molecule has 3 heteroatoms. The number of benzene rings is 1. The topological polar surface area (TPSA) is 29.4 Å². The minimum atomic E-state index is 0.405. The molecule has 0 saturated heterocycles. The van der Waals surface area contributed by atoms with Crippen molar-refractivity contribution in [3.8, 4) is 0 Å². The second kappa shape index (κ2) is 4.65. The fourth-order valence-corrected chi connectivity index (χ4v) is 3.10. The van der Waals surface area contributed by atoms with Gasteiger partial charge in [0.1, 0.15) is 0 Å². The lowest BCUT2D eigenvalue weighted by atomic mass is 9.94. The Kier molecular flexibility index (Phi) is 3.24. The molecule has 0 N–H and O–H groups in total. The maximum absolute atomic E-state index is 10.1. The lowest BCUT2D eigenvalue weighted by Gasteiger charge is -2.23. The lowest BCUT2D eigenvalue weighted by molar-refractivity contribution is 0.559. The number of aliphatic imine (C=N–C) groups is 1. The summed E-state index contributed by atoms with van der Waals surface area (Å²) in [5.74, 6) is 1.53. The summed E-state index contributed by atoms with van der Waals surface area (Å²) in [6.07, 6.45) is 2.73. The molecule has 1 aromatic rings. The third-order valence-corrected chi connectivity index (χ3v) is 3.83. The molecule has 0 spiro atoms. The molecule has 15 heavy (non-hydrogen) atoms. The summed E-state index contributed by atoms with van der Waals surface area (Å²) in [6, 6.07) is 6.52. The molecule has 0 saturated carbocycles. The summed E-state index contributed by atoms with van der Waals surface area (Å²) >= 11 is 1.89. The number of isocyanates is 1. The Morgan fingerprint density at radius 2 is 2.47 bits per heavy atom. The normalized spacial score (nSPS) is 19.1. The van der Waals surface area contributed by atoms with Crippen molar-refractivity contribution in [1.29, 1.82) is 0 Å². The van der Waals surface area contributed by atoms with Crippen LogP contribution in [0.15, 0.2) is 28.1 Å². The first-order valence-corrected chi connectivity index (χ1v) is 6.07. The largest absolute Gasteiger partial charge is 0.234 e. The van der Waals surface area contributed by atoms with E-state index < -0.39 is 0 Å². The number of thioether (sulfide) groups is 1. The van der Waals surface area contributed by atoms with Crippen molar-refractivity contribution in [2.75, 3.05) is 12.3 Å². The van der Waals surface area contributed by atoms with E-state index in [-0.39, 0.29) is 0 Å². The number of hydrogen-bond acceptors (Lipinski definition) is 3. The summed E-state index contributed by atoms with van der Waals surface area (Å²) in [6.45, 7) is 2.68. The molecular formula is C12H13NOS. The first kappa shape index (κ1) is 10.5. The van der Waals surface area contributed by atoms with E-state index in [1.165, 1.54) is 16.0 Å². The monoisotopic (exact) mass is 219 g/mol. The molecule has 1 atom stereocenters. The van der Waals surface area contributed by atoms with Gasteiger partial charge < -0.3 is 0 Å². The van der Waals surface area contributed by atoms with Crippen molar-refractivity contribution in [3.63, 3.8) is 0 Å². The second-order valence-electron chi connectivity index (χ2n) is 3.81. The van der Waals surface area contributed by atoms with Crippen LogP contribution in [0.2, 0.25) is 0 Å². The zero-order valence-corrected chi connectivity index (χ0v) is 9.51. The highest BCUT2D eigenvalue weighted by molar-refractivity contribution is 7.99. The molecule has 1 aromatic carbocycles. The van der Waals surface area contributed by atoms with E-state index in [9.17, 15) is 4.79 Å². The van der Waals surface area contributed by atoms with Crippen LogP contribution in [0, 0.1) is 6.92 Å². The number of carbonyl (C=O) groups excluding carboxylic acids is 1. The Hall–Kier alpha value is -1.05. The fourth-order valence-electron chi connectivity index (χ4n) is 1.92. The predicted molar refractivity (Wildman–Crippen MR) is 62.2 cm³/mol. The van der Waals surface area contributed by atoms with Crippen LogP contribution in [-0.4, -0.2) is 18.4 Å². The van der Waals surface area contributed by atoms with Crippen LogP contribution in [0.1, 0.15) is 23.5 Å². The quantitative estimate of drug-likeness (QED) is 0.565. The van der Waals surface area contributed by atoms with E-state index in [0.717, 1.165) is 12.2 Å². The average Bonchev–Trinajstić information content (AvgIpc) is 2.26. The number of fused-ring (bicyclic) bond motifs is 1. The number of rotatable bonds is 2. The molecule has 78 valence electrons. The van der Waals surface area contributed by atoms with E-state index >= 15 is 0 Å². The predicted octanol–water partition coefficient (Wildman–Crippen LogP) is 2.91. The number of nitrogens with zero attached hydrogens (tertiary/aromatic N) is 1. The Morgan fingerprint density at radius 3 is 3.27 bits per heavy atom. The molecule has 2 rings (SSSR count). The molecule has 1 heterocycles. The Morgan fingerprint density at radius 1 is 1.60 bits per heavy atom. The summed E-state index contributed by atoms with van der Waals surface area (Å²) < 4.78 is 0. The van der Waals surface area contributed by atoms with Crippen molar-refractivity contribution in [2.45, 2.75) is 24.2 Å². The first-order chi connectivity index (χ1) is 7.31. The molecule has 0 amide bonds. The first-order valence-electron chi connectivity index (χ1n) is 5.08. The molecular weight excluding hydrogens is 206 g/mol. The van der Waals surface area contributed by atoms with Crippen LogP contribution in [-0.2, 0) is 4.79 Å². The fraction of sp³-hybridized carbons (Fsp3) is 0.417. The van der Waals surface area contributed by atoms with Crippen LogP contribution in [0.3, 0.4) is 0 Å². The Labute approximate surface area is 93.8 Å². The zero-order chi connectivity index (χ0) is 10.7. The Balaban J connectivity index is 2.31. The minimum Gasteiger partial charge on any atom is -0.211 e. The molecule has 0 bridgehead atoms. The molecule has 2 nitrogen and oxygen atoms in total. The van der Waals surface area contributed by atoms with Gasteiger partial charge in [0.25, 0.3) is 0 Å². The molecule has 0 aromatic heterocycles. The van der Waals surface area contributed by atoms with Gasteiger partial charge in [-0.1, -0.05) is 17.7 Å². The van der Waals surface area contributed by atoms with E-state index in [1.807, 2.05) is 11.8 Å². The van der Waals surface area contributed by atoms with Gasteiger partial charge in [0.2, 0.25) is 6.08 Å². The van der Waals surface area contributed by atoms with Crippen molar-refractivity contribution >= 4 is 17.8 Å². The molecule has 1 aliphatic heterocycles. The third-order valence-electron chi connectivity index (χ3n) is 2.71. The van der Waals surface area contributed by atoms with Crippen molar-refractivity contribution in [2.24, 2.45) is 4.99 Å². The summed E-state index contributed by atoms with van der Waals surface area (Å²) in [5, 5.41) is 0. The minimum absolute atomic E-state index is 0.405. The lowest BCUT2D eigenvalue weighted by Crippen LogP contribution is -2.10. The van der Waals surface area contributed by atoms with Gasteiger partial charge in [-0.25, -0.2) is 9.79 Å². The maximum Gasteiger partial charge on any atom is 0.234 e. The van der Waals surface area contributed by atoms with Crippen LogP contribution >= 0.6 is 11.8 Å². The van der Waals surface area contributed by atoms with Gasteiger partial charge in [-0.2, -0.15) is 0 Å². The number of hydrogen-bond donors (Lipinski definition) is 0. The van der Waals surface area contributed by atoms with E-state index in [0.29, 0.717) is 12.5 Å². The molecule has 1 aliphatic rings. The summed E-state index contributed by atoms with van der Waals surface area (Å²) in [4.78, 5) is 15.2. The smallest absolute Gasteiger partial charge is 0.211 e. The third kappa shape index (κ3) is 2.31. The van der Waals surface area contributed by atoms with Gasteiger partial charge in [-0.3, -0.25) is 0 Å². The van der Waals surface area contributed by atoms with Gasteiger partial charge >= 0.3 is 0 Å². The zero-order valence-electron chi connectivity index (χ0n) is 8.69. The summed E-state index contributed by atoms with van der Waals surface area (Å²) in [7, 11) is 0. The summed E-state index contributed by atoms with van der Waals surface area (Å²) in [5.41, 5.74) is 2.63. The van der Waals surface area contributed by atoms with Gasteiger partial charge in [0, 0.05) is 10.8 Å². The average molecular weight is 219 g/mol. The van der Waals surface area contributed by atoms with Gasteiger partial charge in [0.15, 0.2) is 0 Å². The van der Waals surface area contributed by atoms with Crippen LogP contribution < -0.4 is 0 Å². The standard InChI is InChI=1S/C12H13NOS/c1-9-2-3-12-11(6-9)10(4-5-15-12)7-13-8-14/h2-3,6,10H,4-5,7H2,1H3. The van der Waals surface area contributed by atoms with Crippen LogP contribution in [0.4, 0.5) is 0 Å². The van der Waals surface area contributed by atoms with E-state index in [1.54, 1.807) is 6.08 Å². The van der Waals surface area contributed by atoms with Crippen molar-refractivity contribution in [3.05, 3.63) is 29.3 Å². The van der Waals surface area contributed by atoms with Crippen LogP contribution in [0.5, 0.6) is 0 Å². The van der Waals surface area contributed by atoms with Gasteiger partial charge in [0.05, 0.1) is 6.54 Å². The molecule has 0 fully saturated rings. The highest BCUT2D eigenvalue weighted by Gasteiger charge is 2.20. The van der Waals surface area contributed by atoms with E-state index in [4.69, 9.17) is 0 Å². The molecule has 1 unspecified atom stereocenters. The molecule has 0 aliphatic carbocycles. The molecule has 0 radical (unpaired) electrons. The SMILES string of the molecule is Cc1ccc2c(c1)C(CN=C=O)CCS2. The van der Waals surface area contributed by atoms with Crippen molar-refractivity contribution in [1.82, 2.24) is 0 Å². The Bertz CT molecular complexity index is 410. The number of aryl methyl sites for hydroxylation is 1.